The van der Waals surface area contributed by atoms with E-state index in [0.717, 1.165) is 74.8 Å². The maximum atomic E-state index is 13.2. The van der Waals surface area contributed by atoms with E-state index in [1.165, 1.54) is 24.5 Å². The zero-order valence-corrected chi connectivity index (χ0v) is 32.8. The van der Waals surface area contributed by atoms with Gasteiger partial charge in [-0.25, -0.2) is 9.78 Å². The minimum absolute atomic E-state index is 0.0421. The van der Waals surface area contributed by atoms with E-state index in [1.54, 1.807) is 22.5 Å². The van der Waals surface area contributed by atoms with Crippen molar-refractivity contribution < 1.29 is 37.4 Å². The summed E-state index contributed by atoms with van der Waals surface area (Å²) in [5.74, 6) is -1.11. The minimum Gasteiger partial charge on any atom is -0.384 e. The molecule has 4 heterocycles. The lowest BCUT2D eigenvalue weighted by molar-refractivity contribution is -0.141. The Labute approximate surface area is 328 Å². The predicted molar refractivity (Wildman–Crippen MR) is 206 cm³/mol. The summed E-state index contributed by atoms with van der Waals surface area (Å²) in [5.41, 5.74) is -0.341. The largest absolute Gasteiger partial charge is 0.433 e. The maximum Gasteiger partial charge on any atom is 0.433 e. The van der Waals surface area contributed by atoms with Crippen LogP contribution in [0.4, 0.5) is 18.9 Å². The van der Waals surface area contributed by atoms with Gasteiger partial charge in [-0.05, 0) is 102 Å². The Morgan fingerprint density at radius 2 is 1.75 bits per heavy atom. The molecule has 17 heteroatoms. The van der Waals surface area contributed by atoms with Crippen LogP contribution in [0.5, 0.6) is 0 Å². The van der Waals surface area contributed by atoms with Gasteiger partial charge in [-0.2, -0.15) is 18.3 Å². The summed E-state index contributed by atoms with van der Waals surface area (Å²) in [6, 6.07) is 8.17. The quantitative estimate of drug-likeness (QED) is 0.110. The van der Waals surface area contributed by atoms with E-state index in [1.807, 2.05) is 18.2 Å². The highest BCUT2D eigenvalue weighted by molar-refractivity contribution is 6.03. The molecule has 308 valence electrons. The van der Waals surface area contributed by atoms with Gasteiger partial charge >= 0.3 is 11.9 Å². The van der Waals surface area contributed by atoms with E-state index in [0.29, 0.717) is 37.5 Å². The molecule has 1 atom stereocenters. The number of alkyl halides is 3. The number of piperidine rings is 1. The normalized spacial score (nSPS) is 19.4. The van der Waals surface area contributed by atoms with Crippen molar-refractivity contribution in [3.8, 4) is 0 Å². The van der Waals surface area contributed by atoms with Crippen LogP contribution in [0.2, 0.25) is 0 Å². The van der Waals surface area contributed by atoms with Gasteiger partial charge in [0, 0.05) is 46.0 Å². The van der Waals surface area contributed by atoms with Crippen LogP contribution in [-0.4, -0.2) is 85.0 Å². The highest BCUT2D eigenvalue weighted by atomic mass is 19.4. The Hall–Kier alpha value is -4.87. The van der Waals surface area contributed by atoms with Gasteiger partial charge in [0.05, 0.1) is 22.8 Å². The van der Waals surface area contributed by atoms with Crippen molar-refractivity contribution >= 4 is 34.4 Å². The second-order valence-corrected chi connectivity index (χ2v) is 15.8. The summed E-state index contributed by atoms with van der Waals surface area (Å²) in [4.78, 5) is 56.1. The molecule has 3 amide bonds. The standard InChI is InChI=1S/C40H51F3N8O6/c1-39(2,56)35-29(45-36(53)28-11-6-13-32(44-28)40(41,42)43)24-50(47-35)27-16-14-25(15-17-27)23-48(3)20-8-22-57-21-7-10-26-9-5-12-30-34(26)49(4)38(55)51(30)31-18-19-33(52)46-37(31)54/h5-6,9,11-13,24-25,27,31,56H,7-8,10,14-23H2,1-4H3,(H,45,53)(H,46,52,54). The van der Waals surface area contributed by atoms with Gasteiger partial charge in [0.1, 0.15) is 28.7 Å². The van der Waals surface area contributed by atoms with E-state index in [2.05, 4.69) is 32.7 Å². The smallest absolute Gasteiger partial charge is 0.384 e. The molecular formula is C40H51F3N8O6. The van der Waals surface area contributed by atoms with Crippen molar-refractivity contribution in [2.75, 3.05) is 38.7 Å². The number of hydrogen-bond acceptors (Lipinski definition) is 9. The lowest BCUT2D eigenvalue weighted by Gasteiger charge is -2.31. The number of carbonyl (C=O) groups is 3. The average Bonchev–Trinajstić information content (AvgIpc) is 3.70. The van der Waals surface area contributed by atoms with Crippen molar-refractivity contribution in [3.05, 3.63) is 75.7 Å². The molecule has 1 saturated heterocycles. The number of benzene rings is 1. The molecule has 0 spiro atoms. The maximum absolute atomic E-state index is 13.2. The van der Waals surface area contributed by atoms with Crippen LogP contribution >= 0.6 is 0 Å². The van der Waals surface area contributed by atoms with Crippen LogP contribution in [0, 0.1) is 5.92 Å². The van der Waals surface area contributed by atoms with Gasteiger partial charge in [-0.1, -0.05) is 18.2 Å². The molecule has 3 aromatic heterocycles. The molecule has 2 fully saturated rings. The number of fused-ring (bicyclic) bond motifs is 1. The van der Waals surface area contributed by atoms with Gasteiger partial charge in [0.15, 0.2) is 0 Å². The van der Waals surface area contributed by atoms with E-state index >= 15 is 0 Å². The molecule has 14 nitrogen and oxygen atoms in total. The molecule has 4 aromatic rings. The molecule has 1 saturated carbocycles. The number of anilines is 1. The van der Waals surface area contributed by atoms with E-state index in [4.69, 9.17) is 4.74 Å². The first-order valence-corrected chi connectivity index (χ1v) is 19.5. The summed E-state index contributed by atoms with van der Waals surface area (Å²) >= 11 is 0. The van der Waals surface area contributed by atoms with Crippen molar-refractivity contribution in [2.45, 2.75) is 95.5 Å². The fourth-order valence-electron chi connectivity index (χ4n) is 8.01. The Bertz CT molecular complexity index is 2140. The first-order valence-electron chi connectivity index (χ1n) is 19.5. The number of pyridine rings is 1. The molecule has 1 aliphatic carbocycles. The fourth-order valence-corrected chi connectivity index (χ4v) is 8.01. The number of imide groups is 1. The number of hydrogen-bond donors (Lipinski definition) is 3. The van der Waals surface area contributed by atoms with Crippen LogP contribution in [0.3, 0.4) is 0 Å². The second kappa shape index (κ2) is 17.3. The monoisotopic (exact) mass is 796 g/mol. The molecule has 0 bridgehead atoms. The van der Waals surface area contributed by atoms with Crippen molar-refractivity contribution in [1.29, 1.82) is 0 Å². The molecular weight excluding hydrogens is 745 g/mol. The SMILES string of the molecule is CN(CCCOCCCc1cccc2c1n(C)c(=O)n2C1CCC(=O)NC1=O)CC1CCC(n2cc(NC(=O)c3cccc(C(F)(F)F)n3)c(C(C)(C)O)n2)CC1. The number of aliphatic hydroxyl groups is 1. The first-order chi connectivity index (χ1) is 27.0. The number of aromatic nitrogens is 5. The number of imidazole rings is 1. The summed E-state index contributed by atoms with van der Waals surface area (Å²) < 4.78 is 50.3. The third-order valence-electron chi connectivity index (χ3n) is 10.9. The van der Waals surface area contributed by atoms with E-state index < -0.39 is 41.0 Å². The first kappa shape index (κ1) is 41.8. The number of ether oxygens (including phenoxy) is 1. The summed E-state index contributed by atoms with van der Waals surface area (Å²) in [7, 11) is 3.81. The van der Waals surface area contributed by atoms with Crippen molar-refractivity contribution in [2.24, 2.45) is 13.0 Å². The number of aryl methyl sites for hydroxylation is 2. The van der Waals surface area contributed by atoms with Crippen LogP contribution in [0.25, 0.3) is 11.0 Å². The van der Waals surface area contributed by atoms with E-state index in [9.17, 15) is 37.5 Å². The van der Waals surface area contributed by atoms with Crippen molar-refractivity contribution in [1.82, 2.24) is 34.1 Å². The Balaban J connectivity index is 0.926. The molecule has 0 radical (unpaired) electrons. The number of para-hydroxylation sites is 1. The molecule has 57 heavy (non-hydrogen) atoms. The lowest BCUT2D eigenvalue weighted by atomic mass is 9.86. The number of carbonyl (C=O) groups excluding carboxylic acids is 3. The van der Waals surface area contributed by atoms with E-state index in [-0.39, 0.29) is 35.4 Å². The molecule has 6 rings (SSSR count). The zero-order chi connectivity index (χ0) is 41.1. The van der Waals surface area contributed by atoms with Crippen molar-refractivity contribution in [3.63, 3.8) is 0 Å². The average molecular weight is 797 g/mol. The number of halogens is 3. The third-order valence-corrected chi connectivity index (χ3v) is 10.9. The van der Waals surface area contributed by atoms with Gasteiger partial charge in [-0.15, -0.1) is 0 Å². The van der Waals surface area contributed by atoms with Crippen LogP contribution in [-0.2, 0) is 39.6 Å². The minimum atomic E-state index is -4.69. The lowest BCUT2D eigenvalue weighted by Crippen LogP contribution is -2.44. The van der Waals surface area contributed by atoms with Gasteiger partial charge in [0.2, 0.25) is 11.8 Å². The van der Waals surface area contributed by atoms with Gasteiger partial charge in [0.25, 0.3) is 5.91 Å². The van der Waals surface area contributed by atoms with Crippen LogP contribution < -0.4 is 16.3 Å². The number of rotatable bonds is 15. The number of amides is 3. The molecule has 1 unspecified atom stereocenters. The zero-order valence-electron chi connectivity index (χ0n) is 32.8. The predicted octanol–water partition coefficient (Wildman–Crippen LogP) is 5.11. The van der Waals surface area contributed by atoms with Gasteiger partial charge < -0.3 is 20.1 Å². The number of nitrogens with zero attached hydrogens (tertiary/aromatic N) is 6. The molecule has 1 aliphatic heterocycles. The summed E-state index contributed by atoms with van der Waals surface area (Å²) in [6.07, 6.45) is 3.41. The molecule has 3 N–H and O–H groups in total. The molecule has 2 aliphatic rings. The number of nitrogens with one attached hydrogen (secondary N) is 2. The Kier molecular flexibility index (Phi) is 12.7. The third kappa shape index (κ3) is 9.82. The Morgan fingerprint density at radius 3 is 2.46 bits per heavy atom. The van der Waals surface area contributed by atoms with Crippen LogP contribution in [0.1, 0.15) is 105 Å². The summed E-state index contributed by atoms with van der Waals surface area (Å²) in [6.45, 7) is 6.09. The van der Waals surface area contributed by atoms with Crippen LogP contribution in [0.15, 0.2) is 47.4 Å². The van der Waals surface area contributed by atoms with Gasteiger partial charge in [-0.3, -0.25) is 33.5 Å². The molecule has 1 aromatic carbocycles. The second-order valence-electron chi connectivity index (χ2n) is 15.8. The Morgan fingerprint density at radius 1 is 1.04 bits per heavy atom. The topological polar surface area (TPSA) is 166 Å². The fraction of sp³-hybridized carbons (Fsp3) is 0.550. The highest BCUT2D eigenvalue weighted by Crippen LogP contribution is 2.36. The highest BCUT2D eigenvalue weighted by Gasteiger charge is 2.34. The summed E-state index contributed by atoms with van der Waals surface area (Å²) in [5, 5.41) is 20.4.